The molecule has 7 rings (SSSR count). The van der Waals surface area contributed by atoms with Gasteiger partial charge in [-0.25, -0.2) is 0 Å². The van der Waals surface area contributed by atoms with E-state index in [0.717, 1.165) is 89.7 Å². The van der Waals surface area contributed by atoms with Crippen LogP contribution in [0.3, 0.4) is 0 Å². The van der Waals surface area contributed by atoms with E-state index >= 15 is 0 Å². The molecule has 6 aliphatic carbocycles. The Labute approximate surface area is 342 Å². The van der Waals surface area contributed by atoms with Crippen LogP contribution < -0.4 is 5.32 Å². The molecule has 0 aromatic carbocycles. The molecule has 1 aliphatic heterocycles. The SMILES string of the molecule is CCN1CCN(CC(=O)NC[C@H](O)[C@@]23CC[C@]4(C)[C@H](CC[C@@H]5[C@@]6(C)CC[C@H](OC(=O)[C@H]7C[C@@H](C(=O)O)C7(C)C)C(C)(C)[C@@H]6CC[C@]54C)C2=C(C(C)C)C(=O)C3)CC1. The molecule has 320 valence electrons. The number of esters is 1. The number of amides is 1. The van der Waals surface area contributed by atoms with Gasteiger partial charge in [0.1, 0.15) is 6.10 Å². The molecule has 0 spiro atoms. The molecule has 0 aromatic rings. The van der Waals surface area contributed by atoms with E-state index in [1.54, 1.807) is 0 Å². The number of carbonyl (C=O) groups is 4. The van der Waals surface area contributed by atoms with Gasteiger partial charge in [-0.1, -0.05) is 74.8 Å². The van der Waals surface area contributed by atoms with Crippen LogP contribution in [0.15, 0.2) is 11.1 Å². The first-order chi connectivity index (χ1) is 26.6. The van der Waals surface area contributed by atoms with Crippen molar-refractivity contribution in [1.82, 2.24) is 15.1 Å². The summed E-state index contributed by atoms with van der Waals surface area (Å²) in [7, 11) is 0. The molecule has 57 heavy (non-hydrogen) atoms. The number of nitrogens with one attached hydrogen (secondary N) is 1. The number of allylic oxidation sites excluding steroid dienone is 1. The zero-order valence-electron chi connectivity index (χ0n) is 37.0. The lowest BCUT2D eigenvalue weighted by Crippen LogP contribution is -2.66. The quantitative estimate of drug-likeness (QED) is 0.206. The number of ether oxygens (including phenoxy) is 1. The summed E-state index contributed by atoms with van der Waals surface area (Å²) in [6.45, 7) is 27.6. The van der Waals surface area contributed by atoms with E-state index < -0.39 is 28.8 Å². The standard InChI is InChI=1S/C47H75N3O7/c1-11-49-20-22-50(23-21-49)27-37(53)48-26-35(52)47-19-18-45(9)29(39(47)38(28(2)3)32(51)25-47)12-13-34-44(8)16-15-36(43(6,7)33(44)14-17-46(34,45)10)57-41(56)31-24-30(40(54)55)42(31,4)5/h28-31,33-36,52H,11-27H2,1-10H3,(H,48,53)(H,54,55)/t29-,30+,31-,33+,34-,35+,36+,44+,45-,46-,47+/m1/s1. The summed E-state index contributed by atoms with van der Waals surface area (Å²) in [5, 5.41) is 25.0. The number of fused-ring (bicyclic) bond motifs is 7. The molecule has 1 saturated heterocycles. The fraction of sp³-hybridized carbons (Fsp3) is 0.872. The number of carboxylic acids is 1. The lowest BCUT2D eigenvalue weighted by Gasteiger charge is -2.72. The van der Waals surface area contributed by atoms with Crippen molar-refractivity contribution in [3.05, 3.63) is 11.1 Å². The number of Topliss-reactive ketones (excluding diaryl/α,β-unsaturated/α-hetero) is 1. The van der Waals surface area contributed by atoms with Crippen molar-refractivity contribution in [2.24, 2.45) is 68.0 Å². The first-order valence-corrected chi connectivity index (χ1v) is 22.7. The van der Waals surface area contributed by atoms with E-state index in [1.807, 2.05) is 13.8 Å². The third-order valence-corrected chi connectivity index (χ3v) is 18.9. The lowest BCUT2D eigenvalue weighted by atomic mass is 9.33. The largest absolute Gasteiger partial charge is 0.481 e. The zero-order chi connectivity index (χ0) is 41.7. The lowest BCUT2D eigenvalue weighted by molar-refractivity contribution is -0.238. The highest BCUT2D eigenvalue weighted by molar-refractivity contribution is 6.00. The highest BCUT2D eigenvalue weighted by Gasteiger charge is 2.71. The average Bonchev–Trinajstić information content (AvgIpc) is 3.45. The first-order valence-electron chi connectivity index (χ1n) is 22.7. The van der Waals surface area contributed by atoms with E-state index in [9.17, 15) is 29.4 Å². The zero-order valence-corrected chi connectivity index (χ0v) is 37.0. The minimum atomic E-state index is -0.835. The number of carbonyl (C=O) groups excluding carboxylic acids is 3. The number of nitrogens with zero attached hydrogens (tertiary/aromatic N) is 2. The predicted molar refractivity (Wildman–Crippen MR) is 220 cm³/mol. The third kappa shape index (κ3) is 6.49. The second-order valence-corrected chi connectivity index (χ2v) is 22.2. The Balaban J connectivity index is 1.09. The van der Waals surface area contributed by atoms with E-state index in [4.69, 9.17) is 4.74 Å². The average molecular weight is 794 g/mol. The van der Waals surface area contributed by atoms with E-state index in [1.165, 1.54) is 5.57 Å². The number of aliphatic hydroxyl groups is 1. The molecule has 7 aliphatic rings. The Bertz CT molecular complexity index is 1660. The van der Waals surface area contributed by atoms with Crippen LogP contribution in [0.4, 0.5) is 0 Å². The minimum Gasteiger partial charge on any atom is -0.481 e. The number of hydrogen-bond acceptors (Lipinski definition) is 8. The molecular weight excluding hydrogens is 719 g/mol. The smallest absolute Gasteiger partial charge is 0.309 e. The van der Waals surface area contributed by atoms with Gasteiger partial charge >= 0.3 is 11.9 Å². The molecule has 10 heteroatoms. The maximum Gasteiger partial charge on any atom is 0.309 e. The second-order valence-electron chi connectivity index (χ2n) is 22.2. The number of likely N-dealkylation sites (N-methyl/N-ethyl adjacent to an activating group) is 1. The van der Waals surface area contributed by atoms with Gasteiger partial charge in [-0.3, -0.25) is 24.1 Å². The van der Waals surface area contributed by atoms with Crippen molar-refractivity contribution in [3.8, 4) is 0 Å². The Morgan fingerprint density at radius 2 is 1.49 bits per heavy atom. The fourth-order valence-electron chi connectivity index (χ4n) is 15.2. The summed E-state index contributed by atoms with van der Waals surface area (Å²) < 4.78 is 6.42. The van der Waals surface area contributed by atoms with Crippen molar-refractivity contribution in [2.75, 3.05) is 45.8 Å². The maximum atomic E-state index is 14.1. The Kier molecular flexibility index (Phi) is 11.0. The molecule has 3 N–H and O–H groups in total. The van der Waals surface area contributed by atoms with Crippen LogP contribution >= 0.6 is 0 Å². The number of ketones is 1. The number of rotatable bonds is 10. The number of aliphatic hydroxyl groups excluding tert-OH is 1. The van der Waals surface area contributed by atoms with Crippen molar-refractivity contribution >= 4 is 23.6 Å². The third-order valence-electron chi connectivity index (χ3n) is 18.9. The summed E-state index contributed by atoms with van der Waals surface area (Å²) in [4.78, 5) is 57.4. The fourth-order valence-corrected chi connectivity index (χ4v) is 15.2. The van der Waals surface area contributed by atoms with Gasteiger partial charge in [0.05, 0.1) is 24.5 Å². The number of aliphatic carboxylic acids is 1. The van der Waals surface area contributed by atoms with Crippen LogP contribution in [-0.4, -0.2) is 102 Å². The molecule has 0 unspecified atom stereocenters. The molecule has 0 aromatic heterocycles. The summed E-state index contributed by atoms with van der Waals surface area (Å²) in [6, 6.07) is 0. The van der Waals surface area contributed by atoms with Gasteiger partial charge in [0, 0.05) is 50.0 Å². The summed E-state index contributed by atoms with van der Waals surface area (Å²) in [6.07, 6.45) is 7.31. The van der Waals surface area contributed by atoms with Crippen LogP contribution in [0.2, 0.25) is 0 Å². The Morgan fingerprint density at radius 3 is 2.11 bits per heavy atom. The highest BCUT2D eigenvalue weighted by atomic mass is 16.5. The van der Waals surface area contributed by atoms with Gasteiger partial charge in [0.2, 0.25) is 5.91 Å². The van der Waals surface area contributed by atoms with Crippen molar-refractivity contribution in [3.63, 3.8) is 0 Å². The number of hydrogen-bond donors (Lipinski definition) is 3. The predicted octanol–water partition coefficient (Wildman–Crippen LogP) is 6.74. The van der Waals surface area contributed by atoms with Gasteiger partial charge in [0.25, 0.3) is 0 Å². The molecule has 1 heterocycles. The van der Waals surface area contributed by atoms with E-state index in [0.29, 0.717) is 31.2 Å². The summed E-state index contributed by atoms with van der Waals surface area (Å²) in [5.41, 5.74) is 0.705. The van der Waals surface area contributed by atoms with Gasteiger partial charge < -0.3 is 25.2 Å². The molecule has 11 atom stereocenters. The van der Waals surface area contributed by atoms with Gasteiger partial charge in [-0.2, -0.15) is 0 Å². The normalized spacial score (nSPS) is 41.9. The molecular formula is C47H75N3O7. The molecule has 0 bridgehead atoms. The Hall–Kier alpha value is -2.30. The summed E-state index contributed by atoms with van der Waals surface area (Å²) in [5.74, 6) is -0.734. The van der Waals surface area contributed by atoms with E-state index in [2.05, 4.69) is 70.5 Å². The van der Waals surface area contributed by atoms with Crippen LogP contribution in [-0.2, 0) is 23.9 Å². The van der Waals surface area contributed by atoms with Gasteiger partial charge in [-0.05, 0) is 115 Å². The van der Waals surface area contributed by atoms with Crippen LogP contribution in [0.5, 0.6) is 0 Å². The van der Waals surface area contributed by atoms with Gasteiger partial charge in [-0.15, -0.1) is 0 Å². The second kappa shape index (κ2) is 14.7. The monoisotopic (exact) mass is 794 g/mol. The van der Waals surface area contributed by atoms with Crippen LogP contribution in [0, 0.1) is 68.0 Å². The molecule has 10 nitrogen and oxygen atoms in total. The minimum absolute atomic E-state index is 0.0242. The first kappa shape index (κ1) is 42.8. The molecule has 1 amide bonds. The Morgan fingerprint density at radius 1 is 0.825 bits per heavy atom. The van der Waals surface area contributed by atoms with E-state index in [-0.39, 0.29) is 69.7 Å². The van der Waals surface area contributed by atoms with Gasteiger partial charge in [0.15, 0.2) is 5.78 Å². The maximum absolute atomic E-state index is 14.1. The van der Waals surface area contributed by atoms with Crippen LogP contribution in [0.25, 0.3) is 0 Å². The summed E-state index contributed by atoms with van der Waals surface area (Å²) >= 11 is 0. The highest BCUT2D eigenvalue weighted by Crippen LogP contribution is 2.77. The van der Waals surface area contributed by atoms with Crippen molar-refractivity contribution in [2.45, 2.75) is 146 Å². The number of piperazine rings is 1. The molecule has 6 fully saturated rings. The van der Waals surface area contributed by atoms with Crippen molar-refractivity contribution in [1.29, 1.82) is 0 Å². The topological polar surface area (TPSA) is 136 Å². The van der Waals surface area contributed by atoms with Crippen LogP contribution in [0.1, 0.15) is 133 Å². The molecule has 5 saturated carbocycles. The van der Waals surface area contributed by atoms with Crippen molar-refractivity contribution < 1.29 is 34.1 Å². The number of carboxylic acid groups (broad SMARTS) is 1. The molecule has 0 radical (unpaired) electrons.